The average Bonchev–Trinajstić information content (AvgIpc) is 2.03. The van der Waals surface area contributed by atoms with Crippen LogP contribution in [-0.4, -0.2) is 4.98 Å². The Morgan fingerprint density at radius 1 is 1.58 bits per heavy atom. The molecule has 0 saturated heterocycles. The molecule has 2 N–H and O–H groups in total. The molecule has 0 atom stereocenters. The Kier molecular flexibility index (Phi) is 2.76. The summed E-state index contributed by atoms with van der Waals surface area (Å²) in [5.41, 5.74) is 7.13. The van der Waals surface area contributed by atoms with Gasteiger partial charge in [0, 0.05) is 12.2 Å². The minimum Gasteiger partial charge on any atom is -0.326 e. The van der Waals surface area contributed by atoms with Crippen molar-refractivity contribution in [3.63, 3.8) is 0 Å². The van der Waals surface area contributed by atoms with Gasteiger partial charge in [0.15, 0.2) is 0 Å². The summed E-state index contributed by atoms with van der Waals surface area (Å²) in [5, 5.41) is 0. The Morgan fingerprint density at radius 3 is 2.75 bits per heavy atom. The standard InChI is InChI=1S/C9H13FN2/c1-6(2)9-7(4-11)3-8(10)5-12-9/h3,5-6H,4,11H2,1-2H3. The first kappa shape index (κ1) is 9.13. The van der Waals surface area contributed by atoms with Crippen LogP contribution in [0.2, 0.25) is 0 Å². The van der Waals surface area contributed by atoms with Crippen LogP contribution in [0.1, 0.15) is 31.0 Å². The number of nitrogens with zero attached hydrogens (tertiary/aromatic N) is 1. The highest BCUT2D eigenvalue weighted by Gasteiger charge is 2.07. The Balaban J connectivity index is 3.11. The lowest BCUT2D eigenvalue weighted by Crippen LogP contribution is -2.05. The van der Waals surface area contributed by atoms with E-state index in [-0.39, 0.29) is 5.82 Å². The quantitative estimate of drug-likeness (QED) is 0.731. The number of nitrogens with two attached hydrogens (primary N) is 1. The molecule has 0 fully saturated rings. The van der Waals surface area contributed by atoms with Crippen LogP contribution < -0.4 is 5.73 Å². The normalized spacial score (nSPS) is 10.8. The average molecular weight is 168 g/mol. The Morgan fingerprint density at radius 2 is 2.25 bits per heavy atom. The summed E-state index contributed by atoms with van der Waals surface area (Å²) in [6.07, 6.45) is 1.23. The summed E-state index contributed by atoms with van der Waals surface area (Å²) in [7, 11) is 0. The van der Waals surface area contributed by atoms with Crippen molar-refractivity contribution >= 4 is 0 Å². The minimum atomic E-state index is -0.320. The highest BCUT2D eigenvalue weighted by molar-refractivity contribution is 5.22. The lowest BCUT2D eigenvalue weighted by atomic mass is 10.0. The van der Waals surface area contributed by atoms with Crippen LogP contribution in [0.5, 0.6) is 0 Å². The van der Waals surface area contributed by atoms with Gasteiger partial charge in [-0.3, -0.25) is 4.98 Å². The fourth-order valence-corrected chi connectivity index (χ4v) is 1.18. The highest BCUT2D eigenvalue weighted by atomic mass is 19.1. The molecule has 1 aromatic rings. The van der Waals surface area contributed by atoms with Crippen LogP contribution in [0.3, 0.4) is 0 Å². The molecule has 0 aliphatic rings. The largest absolute Gasteiger partial charge is 0.326 e. The van der Waals surface area contributed by atoms with E-state index in [1.54, 1.807) is 0 Å². The van der Waals surface area contributed by atoms with Crippen LogP contribution in [0.4, 0.5) is 4.39 Å². The molecule has 1 rings (SSSR count). The lowest BCUT2D eigenvalue weighted by Gasteiger charge is -2.09. The second-order valence-electron chi connectivity index (χ2n) is 3.06. The molecular formula is C9H13FN2. The molecule has 0 unspecified atom stereocenters. The van der Waals surface area contributed by atoms with Crippen molar-refractivity contribution in [2.45, 2.75) is 26.3 Å². The van der Waals surface area contributed by atoms with Gasteiger partial charge in [-0.2, -0.15) is 0 Å². The first-order valence-electron chi connectivity index (χ1n) is 3.99. The Bertz CT molecular complexity index is 271. The summed E-state index contributed by atoms with van der Waals surface area (Å²) < 4.78 is 12.7. The fourth-order valence-electron chi connectivity index (χ4n) is 1.18. The molecule has 1 aromatic heterocycles. The van der Waals surface area contributed by atoms with Crippen LogP contribution in [0.25, 0.3) is 0 Å². The van der Waals surface area contributed by atoms with Gasteiger partial charge in [-0.25, -0.2) is 4.39 Å². The molecule has 0 bridgehead atoms. The van der Waals surface area contributed by atoms with E-state index in [4.69, 9.17) is 5.73 Å². The molecular weight excluding hydrogens is 155 g/mol. The molecule has 1 heterocycles. The second kappa shape index (κ2) is 3.63. The number of pyridine rings is 1. The van der Waals surface area contributed by atoms with Crippen LogP contribution in [-0.2, 0) is 6.54 Å². The molecule has 0 spiro atoms. The molecule has 0 aromatic carbocycles. The molecule has 3 heteroatoms. The van der Waals surface area contributed by atoms with Crippen molar-refractivity contribution in [1.82, 2.24) is 4.98 Å². The Hall–Kier alpha value is -0.960. The number of aromatic nitrogens is 1. The predicted molar refractivity (Wildman–Crippen MR) is 46.2 cm³/mol. The van der Waals surface area contributed by atoms with E-state index in [1.165, 1.54) is 12.3 Å². The van der Waals surface area contributed by atoms with Gasteiger partial charge in [-0.1, -0.05) is 13.8 Å². The fraction of sp³-hybridized carbons (Fsp3) is 0.444. The summed E-state index contributed by atoms with van der Waals surface area (Å²) in [5.74, 6) is -0.0241. The second-order valence-corrected chi connectivity index (χ2v) is 3.06. The van der Waals surface area contributed by atoms with Gasteiger partial charge in [-0.05, 0) is 17.5 Å². The zero-order chi connectivity index (χ0) is 9.14. The van der Waals surface area contributed by atoms with Gasteiger partial charge < -0.3 is 5.73 Å². The van der Waals surface area contributed by atoms with E-state index in [0.29, 0.717) is 12.5 Å². The number of hydrogen-bond acceptors (Lipinski definition) is 2. The first-order valence-corrected chi connectivity index (χ1v) is 3.99. The first-order chi connectivity index (χ1) is 5.65. The SMILES string of the molecule is CC(C)c1ncc(F)cc1CN. The minimum absolute atomic E-state index is 0.296. The van der Waals surface area contributed by atoms with E-state index in [1.807, 2.05) is 13.8 Å². The number of rotatable bonds is 2. The van der Waals surface area contributed by atoms with Crippen molar-refractivity contribution in [1.29, 1.82) is 0 Å². The van der Waals surface area contributed by atoms with E-state index in [9.17, 15) is 4.39 Å². The van der Waals surface area contributed by atoms with Gasteiger partial charge in [0.2, 0.25) is 0 Å². The molecule has 0 radical (unpaired) electrons. The van der Waals surface area contributed by atoms with Crippen molar-refractivity contribution in [2.75, 3.05) is 0 Å². The zero-order valence-electron chi connectivity index (χ0n) is 7.34. The van der Waals surface area contributed by atoms with E-state index in [0.717, 1.165) is 11.3 Å². The van der Waals surface area contributed by atoms with Gasteiger partial charge in [0.1, 0.15) is 5.82 Å². The molecule has 0 aliphatic carbocycles. The third-order valence-corrected chi connectivity index (χ3v) is 1.73. The maximum atomic E-state index is 12.7. The monoisotopic (exact) mass is 168 g/mol. The summed E-state index contributed by atoms with van der Waals surface area (Å²) in [4.78, 5) is 3.99. The molecule has 0 aliphatic heterocycles. The predicted octanol–water partition coefficient (Wildman–Crippen LogP) is 1.80. The van der Waals surface area contributed by atoms with Gasteiger partial charge in [0.25, 0.3) is 0 Å². The lowest BCUT2D eigenvalue weighted by molar-refractivity contribution is 0.612. The molecule has 12 heavy (non-hydrogen) atoms. The van der Waals surface area contributed by atoms with Crippen LogP contribution in [0, 0.1) is 5.82 Å². The van der Waals surface area contributed by atoms with E-state index in [2.05, 4.69) is 4.98 Å². The third kappa shape index (κ3) is 1.80. The van der Waals surface area contributed by atoms with E-state index < -0.39 is 0 Å². The van der Waals surface area contributed by atoms with Gasteiger partial charge in [-0.15, -0.1) is 0 Å². The molecule has 0 saturated carbocycles. The molecule has 0 amide bonds. The maximum absolute atomic E-state index is 12.7. The summed E-state index contributed by atoms with van der Waals surface area (Å²) >= 11 is 0. The highest BCUT2D eigenvalue weighted by Crippen LogP contribution is 2.16. The summed E-state index contributed by atoms with van der Waals surface area (Å²) in [6, 6.07) is 1.45. The van der Waals surface area contributed by atoms with Crippen molar-refractivity contribution in [3.05, 3.63) is 29.3 Å². The topological polar surface area (TPSA) is 38.9 Å². The molecule has 66 valence electrons. The Labute approximate surface area is 71.6 Å². The van der Waals surface area contributed by atoms with Gasteiger partial charge >= 0.3 is 0 Å². The third-order valence-electron chi connectivity index (χ3n) is 1.73. The zero-order valence-corrected chi connectivity index (χ0v) is 7.34. The van der Waals surface area contributed by atoms with Crippen molar-refractivity contribution in [3.8, 4) is 0 Å². The van der Waals surface area contributed by atoms with E-state index >= 15 is 0 Å². The number of halogens is 1. The van der Waals surface area contributed by atoms with Crippen LogP contribution >= 0.6 is 0 Å². The molecule has 2 nitrogen and oxygen atoms in total. The van der Waals surface area contributed by atoms with Crippen LogP contribution in [0.15, 0.2) is 12.3 Å². The number of hydrogen-bond donors (Lipinski definition) is 1. The summed E-state index contributed by atoms with van der Waals surface area (Å²) in [6.45, 7) is 4.37. The maximum Gasteiger partial charge on any atom is 0.141 e. The smallest absolute Gasteiger partial charge is 0.141 e. The van der Waals surface area contributed by atoms with Crippen molar-refractivity contribution < 1.29 is 4.39 Å². The van der Waals surface area contributed by atoms with Gasteiger partial charge in [0.05, 0.1) is 6.20 Å². The van der Waals surface area contributed by atoms with Crippen molar-refractivity contribution in [2.24, 2.45) is 5.73 Å².